The Morgan fingerprint density at radius 1 is 1.16 bits per heavy atom. The number of anilines is 1. The van der Waals surface area contributed by atoms with Crippen LogP contribution >= 0.6 is 15.9 Å². The van der Waals surface area contributed by atoms with Crippen molar-refractivity contribution in [2.24, 2.45) is 5.11 Å². The summed E-state index contributed by atoms with van der Waals surface area (Å²) in [5.41, 5.74) is 9.78. The number of benzene rings is 2. The SMILES string of the molecule is [N-]=[N+]=Nc1ccccc1C(=O)Nc1ccc(Br)cc1. The van der Waals surface area contributed by atoms with Gasteiger partial charge in [0.25, 0.3) is 5.91 Å². The highest BCUT2D eigenvalue weighted by Crippen LogP contribution is 2.21. The molecule has 0 aliphatic heterocycles. The minimum atomic E-state index is -0.315. The molecule has 19 heavy (non-hydrogen) atoms. The summed E-state index contributed by atoms with van der Waals surface area (Å²) < 4.78 is 0.931. The van der Waals surface area contributed by atoms with E-state index in [1.165, 1.54) is 0 Å². The number of rotatable bonds is 3. The molecular weight excluding hydrogens is 308 g/mol. The second kappa shape index (κ2) is 6.04. The van der Waals surface area contributed by atoms with E-state index in [0.717, 1.165) is 4.47 Å². The van der Waals surface area contributed by atoms with Crippen LogP contribution < -0.4 is 5.32 Å². The Kier molecular flexibility index (Phi) is 4.18. The Balaban J connectivity index is 2.25. The third-order valence-electron chi connectivity index (χ3n) is 2.40. The molecule has 0 spiro atoms. The normalized spacial score (nSPS) is 9.53. The van der Waals surface area contributed by atoms with Gasteiger partial charge in [0, 0.05) is 20.6 Å². The molecule has 0 saturated carbocycles. The van der Waals surface area contributed by atoms with E-state index in [4.69, 9.17) is 5.53 Å². The number of hydrogen-bond acceptors (Lipinski definition) is 2. The fourth-order valence-corrected chi connectivity index (χ4v) is 1.80. The van der Waals surface area contributed by atoms with Gasteiger partial charge in [-0.1, -0.05) is 39.2 Å². The molecule has 94 valence electrons. The van der Waals surface area contributed by atoms with Crippen molar-refractivity contribution in [3.63, 3.8) is 0 Å². The summed E-state index contributed by atoms with van der Waals surface area (Å²) >= 11 is 3.32. The standard InChI is InChI=1S/C13H9BrN4O/c14-9-5-7-10(8-6-9)16-13(19)11-3-1-2-4-12(11)17-18-15/h1-8H,(H,16,19). The molecule has 0 aliphatic rings. The molecule has 0 radical (unpaired) electrons. The molecule has 0 aromatic heterocycles. The Bertz CT molecular complexity index is 648. The maximum absolute atomic E-state index is 12.1. The summed E-state index contributed by atoms with van der Waals surface area (Å²) in [6.45, 7) is 0. The third kappa shape index (κ3) is 3.34. The zero-order valence-corrected chi connectivity index (χ0v) is 11.3. The highest BCUT2D eigenvalue weighted by molar-refractivity contribution is 9.10. The van der Waals surface area contributed by atoms with Gasteiger partial charge >= 0.3 is 0 Å². The first-order valence-electron chi connectivity index (χ1n) is 5.42. The lowest BCUT2D eigenvalue weighted by Gasteiger charge is -2.07. The largest absolute Gasteiger partial charge is 0.322 e. The maximum Gasteiger partial charge on any atom is 0.256 e. The lowest BCUT2D eigenvalue weighted by molar-refractivity contribution is 0.102. The van der Waals surface area contributed by atoms with Gasteiger partial charge in [0.2, 0.25) is 0 Å². The molecule has 1 amide bonds. The highest BCUT2D eigenvalue weighted by Gasteiger charge is 2.09. The molecule has 0 unspecified atom stereocenters. The fraction of sp³-hybridized carbons (Fsp3) is 0. The summed E-state index contributed by atoms with van der Waals surface area (Å²) in [4.78, 5) is 14.8. The van der Waals surface area contributed by atoms with Crippen LogP contribution in [-0.2, 0) is 0 Å². The van der Waals surface area contributed by atoms with E-state index in [0.29, 0.717) is 16.9 Å². The summed E-state index contributed by atoms with van der Waals surface area (Å²) in [6, 6.07) is 13.8. The van der Waals surface area contributed by atoms with Gasteiger partial charge in [0.15, 0.2) is 0 Å². The first kappa shape index (κ1) is 13.1. The summed E-state index contributed by atoms with van der Waals surface area (Å²) in [6.07, 6.45) is 0. The lowest BCUT2D eigenvalue weighted by Crippen LogP contribution is -2.11. The molecular formula is C13H9BrN4O. The van der Waals surface area contributed by atoms with Crippen molar-refractivity contribution in [1.29, 1.82) is 0 Å². The second-order valence-electron chi connectivity index (χ2n) is 3.67. The van der Waals surface area contributed by atoms with E-state index >= 15 is 0 Å². The van der Waals surface area contributed by atoms with Crippen LogP contribution in [0.2, 0.25) is 0 Å². The van der Waals surface area contributed by atoms with Crippen molar-refractivity contribution in [3.8, 4) is 0 Å². The van der Waals surface area contributed by atoms with Crippen LogP contribution in [0.1, 0.15) is 10.4 Å². The molecule has 0 fully saturated rings. The average molecular weight is 317 g/mol. The number of carbonyl (C=O) groups excluding carboxylic acids is 1. The summed E-state index contributed by atoms with van der Waals surface area (Å²) in [5.74, 6) is -0.315. The van der Waals surface area contributed by atoms with Crippen molar-refractivity contribution < 1.29 is 4.79 Å². The second-order valence-corrected chi connectivity index (χ2v) is 4.58. The van der Waals surface area contributed by atoms with Crippen molar-refractivity contribution in [2.45, 2.75) is 0 Å². The van der Waals surface area contributed by atoms with Gasteiger partial charge < -0.3 is 5.32 Å². The zero-order chi connectivity index (χ0) is 13.7. The van der Waals surface area contributed by atoms with Crippen LogP contribution in [0.5, 0.6) is 0 Å². The Hall–Kier alpha value is -2.30. The van der Waals surface area contributed by atoms with E-state index in [9.17, 15) is 4.79 Å². The molecule has 0 heterocycles. The van der Waals surface area contributed by atoms with Gasteiger partial charge in [-0.2, -0.15) is 0 Å². The van der Waals surface area contributed by atoms with Crippen LogP contribution in [0.25, 0.3) is 10.4 Å². The number of azide groups is 1. The van der Waals surface area contributed by atoms with Crippen LogP contribution in [0.3, 0.4) is 0 Å². The van der Waals surface area contributed by atoms with Crippen molar-refractivity contribution in [2.75, 3.05) is 5.32 Å². The van der Waals surface area contributed by atoms with Crippen molar-refractivity contribution >= 4 is 33.2 Å². The molecule has 0 bridgehead atoms. The first-order chi connectivity index (χ1) is 9.20. The molecule has 0 atom stereocenters. The minimum absolute atomic E-state index is 0.305. The third-order valence-corrected chi connectivity index (χ3v) is 2.93. The molecule has 0 aliphatic carbocycles. The molecule has 5 nitrogen and oxygen atoms in total. The van der Waals surface area contributed by atoms with Gasteiger partial charge in [-0.05, 0) is 35.9 Å². The number of carbonyl (C=O) groups is 1. The summed E-state index contributed by atoms with van der Waals surface area (Å²) in [5, 5.41) is 6.24. The smallest absolute Gasteiger partial charge is 0.256 e. The molecule has 2 aromatic carbocycles. The van der Waals surface area contributed by atoms with Crippen LogP contribution in [0.15, 0.2) is 58.1 Å². The number of nitrogens with zero attached hydrogens (tertiary/aromatic N) is 3. The molecule has 0 saturated heterocycles. The number of hydrogen-bond donors (Lipinski definition) is 1. The van der Waals surface area contributed by atoms with E-state index < -0.39 is 0 Å². The van der Waals surface area contributed by atoms with Gasteiger partial charge in [0.05, 0.1) is 5.69 Å². The molecule has 6 heteroatoms. The first-order valence-corrected chi connectivity index (χ1v) is 6.21. The van der Waals surface area contributed by atoms with E-state index in [1.807, 2.05) is 12.1 Å². The van der Waals surface area contributed by atoms with Crippen molar-refractivity contribution in [1.82, 2.24) is 0 Å². The van der Waals surface area contributed by atoms with Crippen LogP contribution in [0.4, 0.5) is 11.4 Å². The Labute approximate surface area is 118 Å². The predicted octanol–water partition coefficient (Wildman–Crippen LogP) is 4.64. The van der Waals surface area contributed by atoms with E-state index in [1.54, 1.807) is 36.4 Å². The number of amides is 1. The Morgan fingerprint density at radius 2 is 1.84 bits per heavy atom. The summed E-state index contributed by atoms with van der Waals surface area (Å²) in [7, 11) is 0. The van der Waals surface area contributed by atoms with E-state index in [-0.39, 0.29) is 5.91 Å². The lowest BCUT2D eigenvalue weighted by atomic mass is 10.1. The predicted molar refractivity (Wildman–Crippen MR) is 77.3 cm³/mol. The minimum Gasteiger partial charge on any atom is -0.322 e. The molecule has 1 N–H and O–H groups in total. The number of nitrogens with one attached hydrogen (secondary N) is 1. The average Bonchev–Trinajstić information content (AvgIpc) is 2.42. The maximum atomic E-state index is 12.1. The monoisotopic (exact) mass is 316 g/mol. The topological polar surface area (TPSA) is 77.9 Å². The highest BCUT2D eigenvalue weighted by atomic mass is 79.9. The van der Waals surface area contributed by atoms with Gasteiger partial charge in [-0.25, -0.2) is 0 Å². The van der Waals surface area contributed by atoms with Crippen LogP contribution in [0, 0.1) is 0 Å². The molecule has 2 rings (SSSR count). The van der Waals surface area contributed by atoms with E-state index in [2.05, 4.69) is 31.3 Å². The zero-order valence-electron chi connectivity index (χ0n) is 9.75. The van der Waals surface area contributed by atoms with Gasteiger partial charge in [-0.15, -0.1) is 0 Å². The van der Waals surface area contributed by atoms with Gasteiger partial charge in [0.1, 0.15) is 0 Å². The van der Waals surface area contributed by atoms with Crippen molar-refractivity contribution in [3.05, 3.63) is 69.0 Å². The molecule has 2 aromatic rings. The van der Waals surface area contributed by atoms with Crippen LogP contribution in [-0.4, -0.2) is 5.91 Å². The van der Waals surface area contributed by atoms with Gasteiger partial charge in [-0.3, -0.25) is 4.79 Å². The fourth-order valence-electron chi connectivity index (χ4n) is 1.53. The quantitative estimate of drug-likeness (QED) is 0.499. The number of halogens is 1. The Morgan fingerprint density at radius 3 is 2.53 bits per heavy atom.